The van der Waals surface area contributed by atoms with Gasteiger partial charge in [-0.3, -0.25) is 9.59 Å². The summed E-state index contributed by atoms with van der Waals surface area (Å²) in [5.74, 6) is 1.10. The maximum atomic E-state index is 13.2. The number of carbonyl (C=O) groups is 1. The van der Waals surface area contributed by atoms with Crippen molar-refractivity contribution in [2.24, 2.45) is 0 Å². The predicted molar refractivity (Wildman–Crippen MR) is 109 cm³/mol. The summed E-state index contributed by atoms with van der Waals surface area (Å²) < 4.78 is 18.3. The second kappa shape index (κ2) is 7.39. The van der Waals surface area contributed by atoms with Crippen molar-refractivity contribution in [3.8, 4) is 11.5 Å². The zero-order chi connectivity index (χ0) is 20.7. The maximum absolute atomic E-state index is 13.2. The fraction of sp³-hybridized carbons (Fsp3) is 0.429. The molecule has 1 saturated carbocycles. The number of rotatable bonds is 4. The molecule has 1 fully saturated rings. The summed E-state index contributed by atoms with van der Waals surface area (Å²) in [6.07, 6.45) is 3.38. The molecule has 3 aromatic rings. The summed E-state index contributed by atoms with van der Waals surface area (Å²) in [6, 6.07) is 7.14. The van der Waals surface area contributed by atoms with Gasteiger partial charge in [-0.05, 0) is 37.5 Å². The van der Waals surface area contributed by atoms with Crippen LogP contribution in [-0.2, 0) is 21.6 Å². The van der Waals surface area contributed by atoms with Crippen LogP contribution in [0, 0.1) is 6.92 Å². The van der Waals surface area contributed by atoms with Crippen LogP contribution < -0.4 is 15.0 Å². The van der Waals surface area contributed by atoms with Gasteiger partial charge in [-0.15, -0.1) is 0 Å². The molecule has 30 heavy (non-hydrogen) atoms. The zero-order valence-electron chi connectivity index (χ0n) is 16.6. The Morgan fingerprint density at radius 2 is 1.97 bits per heavy atom. The van der Waals surface area contributed by atoms with Crippen LogP contribution in [0.5, 0.6) is 11.5 Å². The lowest BCUT2D eigenvalue weighted by molar-refractivity contribution is -0.152. The van der Waals surface area contributed by atoms with Gasteiger partial charge < -0.3 is 14.2 Å². The van der Waals surface area contributed by atoms with Crippen molar-refractivity contribution in [1.29, 1.82) is 0 Å². The minimum Gasteiger partial charge on any atom is -0.486 e. The quantitative estimate of drug-likeness (QED) is 0.591. The molecule has 1 aliphatic carbocycles. The Morgan fingerprint density at radius 3 is 2.77 bits per heavy atom. The van der Waals surface area contributed by atoms with Gasteiger partial charge in [0.2, 0.25) is 4.96 Å². The third kappa shape index (κ3) is 3.23. The van der Waals surface area contributed by atoms with E-state index in [4.69, 9.17) is 14.2 Å². The van der Waals surface area contributed by atoms with Crippen LogP contribution in [0.15, 0.2) is 29.1 Å². The van der Waals surface area contributed by atoms with Crippen LogP contribution in [0.25, 0.3) is 4.96 Å². The predicted octanol–water partition coefficient (Wildman–Crippen LogP) is 2.79. The normalized spacial score (nSPS) is 17.2. The van der Waals surface area contributed by atoms with E-state index in [2.05, 4.69) is 10.1 Å². The van der Waals surface area contributed by atoms with E-state index in [-0.39, 0.29) is 18.1 Å². The topological polar surface area (TPSA) is 92.0 Å². The van der Waals surface area contributed by atoms with Crippen LogP contribution in [0.2, 0.25) is 0 Å². The van der Waals surface area contributed by atoms with Crippen molar-refractivity contribution in [3.05, 3.63) is 50.9 Å². The Hall–Kier alpha value is -2.94. The first kappa shape index (κ1) is 19.0. The van der Waals surface area contributed by atoms with Crippen LogP contribution in [0.4, 0.5) is 0 Å². The van der Waals surface area contributed by atoms with Crippen molar-refractivity contribution in [3.63, 3.8) is 0 Å². The van der Waals surface area contributed by atoms with Crippen LogP contribution in [-0.4, -0.2) is 33.8 Å². The molecule has 0 unspecified atom stereocenters. The molecular formula is C21H21N3O5S. The number of esters is 1. The Morgan fingerprint density at radius 1 is 1.20 bits per heavy atom. The lowest BCUT2D eigenvalue weighted by Gasteiger charge is -2.28. The molecule has 5 rings (SSSR count). The number of hydrogen-bond acceptors (Lipinski definition) is 8. The Kier molecular flexibility index (Phi) is 4.69. The third-order valence-corrected chi connectivity index (χ3v) is 6.57. The fourth-order valence-electron chi connectivity index (χ4n) is 4.21. The van der Waals surface area contributed by atoms with E-state index < -0.39 is 5.41 Å². The number of nitrogens with zero attached hydrogens (tertiary/aromatic N) is 3. The molecule has 8 nitrogen and oxygen atoms in total. The average molecular weight is 427 g/mol. The standard InChI is InChI=1S/C21H21N3O5S/c1-13-10-18(25)24-20(22-13)30-17(23-24)12-29-19(26)21(6-2-3-7-21)14-4-5-15-16(11-14)28-9-8-27-15/h4-5,10-11H,2-3,6-9,12H2,1H3. The number of ether oxygens (including phenoxy) is 3. The summed E-state index contributed by atoms with van der Waals surface area (Å²) in [6.45, 7) is 2.80. The molecular weight excluding hydrogens is 406 g/mol. The Bertz CT molecular complexity index is 1180. The fourth-order valence-corrected chi connectivity index (χ4v) is 5.07. The van der Waals surface area contributed by atoms with E-state index >= 15 is 0 Å². The number of carbonyl (C=O) groups excluding carboxylic acids is 1. The minimum atomic E-state index is -0.696. The van der Waals surface area contributed by atoms with E-state index in [1.807, 2.05) is 18.2 Å². The first-order valence-corrected chi connectivity index (χ1v) is 10.8. The van der Waals surface area contributed by atoms with Crippen molar-refractivity contribution in [2.75, 3.05) is 13.2 Å². The Labute approximate surface area is 176 Å². The van der Waals surface area contributed by atoms with Gasteiger partial charge in [0.1, 0.15) is 19.8 Å². The van der Waals surface area contributed by atoms with Gasteiger partial charge in [0, 0.05) is 11.8 Å². The lowest BCUT2D eigenvalue weighted by atomic mass is 9.78. The van der Waals surface area contributed by atoms with Gasteiger partial charge >= 0.3 is 5.97 Å². The van der Waals surface area contributed by atoms with Gasteiger partial charge in [-0.1, -0.05) is 30.2 Å². The minimum absolute atomic E-state index is 0.0116. The first-order valence-electron chi connectivity index (χ1n) is 9.99. The largest absolute Gasteiger partial charge is 0.486 e. The highest BCUT2D eigenvalue weighted by molar-refractivity contribution is 7.16. The molecule has 0 radical (unpaired) electrons. The van der Waals surface area contributed by atoms with Gasteiger partial charge in [0.25, 0.3) is 5.56 Å². The van der Waals surface area contributed by atoms with Gasteiger partial charge in [0.15, 0.2) is 16.5 Å². The summed E-state index contributed by atoms with van der Waals surface area (Å²) in [7, 11) is 0. The second-order valence-corrected chi connectivity index (χ2v) is 8.69. The maximum Gasteiger partial charge on any atom is 0.316 e. The molecule has 0 saturated heterocycles. The molecule has 0 N–H and O–H groups in total. The van der Waals surface area contributed by atoms with E-state index in [1.165, 1.54) is 21.9 Å². The first-order chi connectivity index (χ1) is 14.5. The molecule has 0 atom stereocenters. The number of fused-ring (bicyclic) bond motifs is 2. The van der Waals surface area contributed by atoms with E-state index in [0.717, 1.165) is 31.2 Å². The van der Waals surface area contributed by atoms with Crippen molar-refractivity contribution in [1.82, 2.24) is 14.6 Å². The molecule has 0 amide bonds. The van der Waals surface area contributed by atoms with Crippen LogP contribution in [0.1, 0.15) is 41.9 Å². The number of hydrogen-bond donors (Lipinski definition) is 0. The summed E-state index contributed by atoms with van der Waals surface area (Å²) in [5, 5.41) is 4.79. The van der Waals surface area contributed by atoms with Crippen LogP contribution in [0.3, 0.4) is 0 Å². The van der Waals surface area contributed by atoms with E-state index in [9.17, 15) is 9.59 Å². The third-order valence-electron chi connectivity index (χ3n) is 5.68. The molecule has 0 bridgehead atoms. The Balaban J connectivity index is 1.39. The monoisotopic (exact) mass is 427 g/mol. The van der Waals surface area contributed by atoms with Crippen LogP contribution >= 0.6 is 11.3 Å². The number of benzene rings is 1. The van der Waals surface area contributed by atoms with E-state index in [0.29, 0.717) is 40.4 Å². The molecule has 1 aromatic carbocycles. The zero-order valence-corrected chi connectivity index (χ0v) is 17.4. The van der Waals surface area contributed by atoms with E-state index in [1.54, 1.807) is 6.92 Å². The van der Waals surface area contributed by atoms with Crippen molar-refractivity contribution in [2.45, 2.75) is 44.6 Å². The molecule has 3 heterocycles. The number of aryl methyl sites for hydroxylation is 1. The molecule has 0 spiro atoms. The molecule has 2 aromatic heterocycles. The SMILES string of the molecule is Cc1cc(=O)n2nc(COC(=O)C3(c4ccc5c(c4)OCCO5)CCCC3)sc2n1. The number of aromatic nitrogens is 3. The molecule has 1 aliphatic heterocycles. The highest BCUT2D eigenvalue weighted by Gasteiger charge is 2.44. The van der Waals surface area contributed by atoms with Crippen molar-refractivity contribution < 1.29 is 19.0 Å². The lowest BCUT2D eigenvalue weighted by Crippen LogP contribution is -2.35. The second-order valence-electron chi connectivity index (χ2n) is 7.65. The summed E-state index contributed by atoms with van der Waals surface area (Å²) in [4.78, 5) is 30.1. The average Bonchev–Trinajstić information content (AvgIpc) is 3.40. The summed E-state index contributed by atoms with van der Waals surface area (Å²) >= 11 is 1.25. The summed E-state index contributed by atoms with van der Waals surface area (Å²) in [5.41, 5.74) is 0.593. The molecule has 156 valence electrons. The van der Waals surface area contributed by atoms with Gasteiger partial charge in [-0.2, -0.15) is 9.61 Å². The van der Waals surface area contributed by atoms with Gasteiger partial charge in [0.05, 0.1) is 5.41 Å². The highest BCUT2D eigenvalue weighted by atomic mass is 32.1. The van der Waals surface area contributed by atoms with Gasteiger partial charge in [-0.25, -0.2) is 4.98 Å². The molecule has 9 heteroatoms. The highest BCUT2D eigenvalue weighted by Crippen LogP contribution is 2.45. The molecule has 2 aliphatic rings. The smallest absolute Gasteiger partial charge is 0.316 e. The van der Waals surface area contributed by atoms with Crippen molar-refractivity contribution >= 4 is 22.3 Å².